The third-order valence-electron chi connectivity index (χ3n) is 2.37. The molecule has 1 aromatic heterocycles. The highest BCUT2D eigenvalue weighted by Gasteiger charge is 2.08. The fourth-order valence-corrected chi connectivity index (χ4v) is 1.69. The molecule has 20 heavy (non-hydrogen) atoms. The van der Waals surface area contributed by atoms with Gasteiger partial charge in [-0.25, -0.2) is 9.37 Å². The highest BCUT2D eigenvalue weighted by Crippen LogP contribution is 2.28. The Bertz CT molecular complexity index is 583. The minimum atomic E-state index is -0.556. The van der Waals surface area contributed by atoms with E-state index in [1.165, 1.54) is 13.3 Å². The van der Waals surface area contributed by atoms with E-state index in [0.717, 1.165) is 0 Å². The summed E-state index contributed by atoms with van der Waals surface area (Å²) >= 11 is 5.85. The van der Waals surface area contributed by atoms with E-state index in [2.05, 4.69) is 15.3 Å². The second-order valence-corrected chi connectivity index (χ2v) is 4.12. The Morgan fingerprint density at radius 3 is 2.90 bits per heavy atom. The van der Waals surface area contributed by atoms with Gasteiger partial charge in [-0.2, -0.15) is 4.98 Å². The minimum absolute atomic E-state index is 0.0104. The molecule has 0 aliphatic rings. The van der Waals surface area contributed by atoms with Crippen molar-refractivity contribution in [3.8, 4) is 11.6 Å². The molecule has 0 radical (unpaired) electrons. The van der Waals surface area contributed by atoms with Crippen LogP contribution in [0.5, 0.6) is 11.6 Å². The van der Waals surface area contributed by atoms with Crippen molar-refractivity contribution in [2.45, 2.75) is 0 Å². The summed E-state index contributed by atoms with van der Waals surface area (Å²) in [5.74, 6) is 1.09. The number of rotatable bonds is 6. The van der Waals surface area contributed by atoms with E-state index in [1.807, 2.05) is 6.07 Å². The predicted molar refractivity (Wildman–Crippen MR) is 74.8 cm³/mol. The molecule has 2 rings (SSSR count). The van der Waals surface area contributed by atoms with Crippen LogP contribution in [0, 0.1) is 0 Å². The number of methoxy groups -OCH3 is 1. The average Bonchev–Trinajstić information content (AvgIpc) is 2.48. The molecule has 0 bridgehead atoms. The lowest BCUT2D eigenvalue weighted by Gasteiger charge is -2.11. The van der Waals surface area contributed by atoms with E-state index in [0.29, 0.717) is 22.4 Å². The minimum Gasteiger partial charge on any atom is -0.489 e. The van der Waals surface area contributed by atoms with Gasteiger partial charge in [0.15, 0.2) is 0 Å². The highest BCUT2D eigenvalue weighted by atomic mass is 35.5. The largest absolute Gasteiger partial charge is 0.489 e. The fourth-order valence-electron chi connectivity index (χ4n) is 1.52. The summed E-state index contributed by atoms with van der Waals surface area (Å²) in [5, 5.41) is 3.29. The molecule has 0 atom stereocenters. The summed E-state index contributed by atoms with van der Waals surface area (Å²) in [5.41, 5.74) is 0.630. The molecular weight excluding hydrogens is 285 g/mol. The van der Waals surface area contributed by atoms with Crippen molar-refractivity contribution in [2.24, 2.45) is 0 Å². The molecule has 0 unspecified atom stereocenters. The van der Waals surface area contributed by atoms with Crippen LogP contribution in [0.3, 0.4) is 0 Å². The molecular formula is C13H13ClFN3O2. The summed E-state index contributed by atoms with van der Waals surface area (Å²) in [6.45, 7) is -0.566. The van der Waals surface area contributed by atoms with Gasteiger partial charge in [-0.15, -0.1) is 0 Å². The SMILES string of the molecule is COc1nc(Nc2ccccc2OCCF)ncc1Cl. The van der Waals surface area contributed by atoms with Crippen LogP contribution in [0.2, 0.25) is 5.02 Å². The first-order valence-electron chi connectivity index (χ1n) is 5.86. The Hall–Kier alpha value is -2.08. The van der Waals surface area contributed by atoms with Gasteiger partial charge >= 0.3 is 0 Å². The molecule has 0 saturated carbocycles. The fraction of sp³-hybridized carbons (Fsp3) is 0.231. The zero-order chi connectivity index (χ0) is 14.4. The van der Waals surface area contributed by atoms with E-state index < -0.39 is 6.67 Å². The van der Waals surface area contributed by atoms with Crippen molar-refractivity contribution in [3.05, 3.63) is 35.5 Å². The molecule has 1 heterocycles. The van der Waals surface area contributed by atoms with Crippen LogP contribution in [-0.4, -0.2) is 30.4 Å². The first-order chi connectivity index (χ1) is 9.74. The quantitative estimate of drug-likeness (QED) is 0.887. The number of nitrogens with zero attached hydrogens (tertiary/aromatic N) is 2. The number of nitrogens with one attached hydrogen (secondary N) is 1. The Balaban J connectivity index is 2.21. The van der Waals surface area contributed by atoms with Crippen LogP contribution >= 0.6 is 11.6 Å². The first kappa shape index (κ1) is 14.3. The Kier molecular flexibility index (Phi) is 4.95. The lowest BCUT2D eigenvalue weighted by atomic mass is 10.3. The number of para-hydroxylation sites is 2. The summed E-state index contributed by atoms with van der Waals surface area (Å²) in [6.07, 6.45) is 1.43. The topological polar surface area (TPSA) is 56.3 Å². The Morgan fingerprint density at radius 1 is 1.35 bits per heavy atom. The van der Waals surface area contributed by atoms with E-state index in [9.17, 15) is 4.39 Å². The van der Waals surface area contributed by atoms with Crippen LogP contribution in [0.1, 0.15) is 0 Å². The van der Waals surface area contributed by atoms with Gasteiger partial charge in [-0.05, 0) is 12.1 Å². The number of benzene rings is 1. The lowest BCUT2D eigenvalue weighted by Crippen LogP contribution is -2.04. The van der Waals surface area contributed by atoms with Crippen LogP contribution in [0.25, 0.3) is 0 Å². The maximum absolute atomic E-state index is 12.2. The molecule has 0 aliphatic carbocycles. The maximum atomic E-state index is 12.2. The summed E-state index contributed by atoms with van der Waals surface area (Å²) in [4.78, 5) is 8.14. The number of hydrogen-bond acceptors (Lipinski definition) is 5. The zero-order valence-corrected chi connectivity index (χ0v) is 11.5. The van der Waals surface area contributed by atoms with Gasteiger partial charge < -0.3 is 14.8 Å². The molecule has 0 amide bonds. The lowest BCUT2D eigenvalue weighted by molar-refractivity contribution is 0.274. The zero-order valence-electron chi connectivity index (χ0n) is 10.8. The molecule has 0 aliphatic heterocycles. The molecule has 5 nitrogen and oxygen atoms in total. The number of halogens is 2. The van der Waals surface area contributed by atoms with Crippen molar-refractivity contribution in [1.82, 2.24) is 9.97 Å². The van der Waals surface area contributed by atoms with Crippen molar-refractivity contribution >= 4 is 23.2 Å². The van der Waals surface area contributed by atoms with E-state index in [-0.39, 0.29) is 12.5 Å². The number of aromatic nitrogens is 2. The second-order valence-electron chi connectivity index (χ2n) is 3.71. The van der Waals surface area contributed by atoms with Crippen molar-refractivity contribution < 1.29 is 13.9 Å². The van der Waals surface area contributed by atoms with Crippen LogP contribution in [0.15, 0.2) is 30.5 Å². The number of ether oxygens (including phenoxy) is 2. The predicted octanol–water partition coefficient (Wildman–Crippen LogP) is 3.23. The van der Waals surface area contributed by atoms with Gasteiger partial charge in [-0.3, -0.25) is 0 Å². The van der Waals surface area contributed by atoms with Gasteiger partial charge in [0.2, 0.25) is 11.8 Å². The van der Waals surface area contributed by atoms with E-state index in [1.54, 1.807) is 18.2 Å². The summed E-state index contributed by atoms with van der Waals surface area (Å²) < 4.78 is 22.5. The maximum Gasteiger partial charge on any atom is 0.237 e. The van der Waals surface area contributed by atoms with Crippen molar-refractivity contribution in [2.75, 3.05) is 25.7 Å². The number of alkyl halides is 1. The standard InChI is InChI=1S/C13H13ClFN3O2/c1-19-12-9(14)8-16-13(18-12)17-10-4-2-3-5-11(10)20-7-6-15/h2-5,8H,6-7H2,1H3,(H,16,17,18). The molecule has 2 aromatic rings. The summed E-state index contributed by atoms with van der Waals surface area (Å²) in [6, 6.07) is 7.11. The molecule has 0 spiro atoms. The molecule has 7 heteroatoms. The highest BCUT2D eigenvalue weighted by molar-refractivity contribution is 6.31. The number of hydrogen-bond donors (Lipinski definition) is 1. The van der Waals surface area contributed by atoms with Gasteiger partial charge in [-0.1, -0.05) is 23.7 Å². The Labute approximate surface area is 120 Å². The van der Waals surface area contributed by atoms with E-state index in [4.69, 9.17) is 21.1 Å². The average molecular weight is 298 g/mol. The van der Waals surface area contributed by atoms with Crippen LogP contribution in [-0.2, 0) is 0 Å². The monoisotopic (exact) mass is 297 g/mol. The molecule has 1 aromatic carbocycles. The van der Waals surface area contributed by atoms with Gasteiger partial charge in [0.05, 0.1) is 19.0 Å². The molecule has 0 saturated heterocycles. The van der Waals surface area contributed by atoms with Gasteiger partial charge in [0, 0.05) is 0 Å². The smallest absolute Gasteiger partial charge is 0.237 e. The molecule has 1 N–H and O–H groups in total. The van der Waals surface area contributed by atoms with Crippen molar-refractivity contribution in [1.29, 1.82) is 0 Å². The van der Waals surface area contributed by atoms with E-state index >= 15 is 0 Å². The Morgan fingerprint density at radius 2 is 2.15 bits per heavy atom. The molecule has 106 valence electrons. The number of anilines is 2. The third-order valence-corrected chi connectivity index (χ3v) is 2.63. The summed E-state index contributed by atoms with van der Waals surface area (Å²) in [7, 11) is 1.47. The third kappa shape index (κ3) is 3.48. The van der Waals surface area contributed by atoms with Gasteiger partial charge in [0.25, 0.3) is 0 Å². The van der Waals surface area contributed by atoms with Gasteiger partial charge in [0.1, 0.15) is 24.1 Å². The normalized spacial score (nSPS) is 10.2. The van der Waals surface area contributed by atoms with Crippen LogP contribution < -0.4 is 14.8 Å². The van der Waals surface area contributed by atoms with Crippen LogP contribution in [0.4, 0.5) is 16.0 Å². The first-order valence-corrected chi connectivity index (χ1v) is 6.23. The second kappa shape index (κ2) is 6.91. The molecule has 0 fully saturated rings. The van der Waals surface area contributed by atoms with Crippen molar-refractivity contribution in [3.63, 3.8) is 0 Å².